The van der Waals surface area contributed by atoms with Crippen molar-refractivity contribution in [1.29, 1.82) is 0 Å². The first-order valence-corrected chi connectivity index (χ1v) is 6.36. The van der Waals surface area contributed by atoms with Crippen molar-refractivity contribution in [2.24, 2.45) is 0 Å². The number of β-amino-alcohol motifs (C(OH)–C–C–N with tert-alkyl or cyclic N) is 1. The zero-order valence-corrected chi connectivity index (χ0v) is 11.7. The van der Waals surface area contributed by atoms with Gasteiger partial charge in [0.25, 0.3) is 0 Å². The van der Waals surface area contributed by atoms with Gasteiger partial charge in [-0.15, -0.1) is 0 Å². The van der Waals surface area contributed by atoms with Crippen molar-refractivity contribution < 1.29 is 15.0 Å². The summed E-state index contributed by atoms with van der Waals surface area (Å²) < 4.78 is 0. The number of urea groups is 1. The van der Waals surface area contributed by atoms with Crippen LogP contribution in [0.4, 0.5) is 4.79 Å². The molecule has 2 rings (SSSR count). The molecule has 5 nitrogen and oxygen atoms in total. The fraction of sp³-hybridized carbons (Fsp3) is 0.500. The number of nitrogens with zero attached hydrogens (tertiary/aromatic N) is 1. The highest BCUT2D eigenvalue weighted by Crippen LogP contribution is 2.21. The Bertz CT molecular complexity index is 423. The molecule has 0 unspecified atom stereocenters. The van der Waals surface area contributed by atoms with Crippen LogP contribution in [0.1, 0.15) is 16.7 Å². The van der Waals surface area contributed by atoms with Gasteiger partial charge in [-0.25, -0.2) is 4.79 Å². The zero-order valence-electron chi connectivity index (χ0n) is 11.7. The molecule has 0 atom stereocenters. The van der Waals surface area contributed by atoms with Crippen LogP contribution in [0.25, 0.3) is 0 Å². The van der Waals surface area contributed by atoms with Crippen LogP contribution in [0.3, 0.4) is 0 Å². The molecule has 2 amide bonds. The number of amides is 2. The topological polar surface area (TPSA) is 72.8 Å². The number of nitrogens with one attached hydrogen (secondary N) is 1. The number of aryl methyl sites for hydroxylation is 3. The molecule has 0 aliphatic carbocycles. The lowest BCUT2D eigenvalue weighted by molar-refractivity contribution is 0.197. The average Bonchev–Trinajstić information content (AvgIpc) is 2.73. The maximum atomic E-state index is 10.7. The minimum absolute atomic E-state index is 0.0490. The number of phenols is 1. The van der Waals surface area contributed by atoms with Crippen LogP contribution < -0.4 is 5.32 Å². The molecule has 1 fully saturated rings. The third-order valence-corrected chi connectivity index (χ3v) is 2.95. The number of hydrogen-bond acceptors (Lipinski definition) is 3. The van der Waals surface area contributed by atoms with Crippen LogP contribution in [0.15, 0.2) is 12.1 Å². The van der Waals surface area contributed by atoms with Gasteiger partial charge in [0.15, 0.2) is 0 Å². The molecule has 1 saturated heterocycles. The van der Waals surface area contributed by atoms with Crippen LogP contribution in [-0.2, 0) is 0 Å². The Morgan fingerprint density at radius 2 is 1.84 bits per heavy atom. The van der Waals surface area contributed by atoms with Crippen LogP contribution in [0, 0.1) is 20.8 Å². The quantitative estimate of drug-likeness (QED) is 0.756. The van der Waals surface area contributed by atoms with E-state index in [9.17, 15) is 9.90 Å². The summed E-state index contributed by atoms with van der Waals surface area (Å²) in [5.41, 5.74) is 3.11. The van der Waals surface area contributed by atoms with E-state index in [0.29, 0.717) is 18.8 Å². The summed E-state index contributed by atoms with van der Waals surface area (Å²) in [6, 6.07) is 3.88. The molecule has 0 radical (unpaired) electrons. The summed E-state index contributed by atoms with van der Waals surface area (Å²) in [5.74, 6) is 0.422. The Hall–Kier alpha value is -1.75. The summed E-state index contributed by atoms with van der Waals surface area (Å²) in [6.45, 7) is 7.78. The number of benzene rings is 1. The second kappa shape index (κ2) is 6.99. The molecule has 0 aromatic heterocycles. The van der Waals surface area contributed by atoms with Gasteiger partial charge in [-0.3, -0.25) is 0 Å². The molecular weight excluding hydrogens is 244 g/mol. The molecule has 0 saturated carbocycles. The normalized spacial score (nSPS) is 13.9. The molecule has 19 heavy (non-hydrogen) atoms. The van der Waals surface area contributed by atoms with Gasteiger partial charge in [-0.05, 0) is 31.9 Å². The van der Waals surface area contributed by atoms with Gasteiger partial charge in [0.1, 0.15) is 5.75 Å². The second-order valence-electron chi connectivity index (χ2n) is 4.69. The molecular formula is C14H22N2O3. The average molecular weight is 266 g/mol. The third kappa shape index (κ3) is 4.44. The Morgan fingerprint density at radius 3 is 2.26 bits per heavy atom. The maximum Gasteiger partial charge on any atom is 0.317 e. The zero-order chi connectivity index (χ0) is 14.4. The van der Waals surface area contributed by atoms with E-state index < -0.39 is 0 Å². The van der Waals surface area contributed by atoms with E-state index in [2.05, 4.69) is 5.32 Å². The Balaban J connectivity index is 0.000000191. The lowest BCUT2D eigenvalue weighted by Gasteiger charge is -2.10. The smallest absolute Gasteiger partial charge is 0.317 e. The van der Waals surface area contributed by atoms with Gasteiger partial charge < -0.3 is 20.4 Å². The van der Waals surface area contributed by atoms with Crippen molar-refractivity contribution in [3.05, 3.63) is 28.8 Å². The van der Waals surface area contributed by atoms with Gasteiger partial charge >= 0.3 is 6.03 Å². The van der Waals surface area contributed by atoms with E-state index in [1.54, 1.807) is 4.90 Å². The molecule has 1 aliphatic heterocycles. The standard InChI is InChI=1S/C9H12O.C5H10N2O2/c1-6-4-7(2)9(10)8(3)5-6;8-4-3-7-2-1-6-5(7)9/h4-5,10H,1-3H3;8H,1-4H2,(H,6,9). The first-order valence-electron chi connectivity index (χ1n) is 6.36. The first kappa shape index (κ1) is 15.3. The predicted molar refractivity (Wildman–Crippen MR) is 74.4 cm³/mol. The van der Waals surface area contributed by atoms with E-state index >= 15 is 0 Å². The van der Waals surface area contributed by atoms with Crippen molar-refractivity contribution in [3.8, 4) is 5.75 Å². The Morgan fingerprint density at radius 1 is 1.26 bits per heavy atom. The molecule has 1 aromatic carbocycles. The summed E-state index contributed by atoms with van der Waals surface area (Å²) in [7, 11) is 0. The van der Waals surface area contributed by atoms with Crippen molar-refractivity contribution in [1.82, 2.24) is 10.2 Å². The number of aromatic hydroxyl groups is 1. The van der Waals surface area contributed by atoms with Crippen molar-refractivity contribution in [3.63, 3.8) is 0 Å². The Labute approximate surface area is 113 Å². The second-order valence-corrected chi connectivity index (χ2v) is 4.69. The number of phenolic OH excluding ortho intramolecular Hbond substituents is 1. The van der Waals surface area contributed by atoms with E-state index in [0.717, 1.165) is 17.7 Å². The monoisotopic (exact) mass is 266 g/mol. The molecule has 1 aliphatic rings. The minimum atomic E-state index is -0.0657. The molecule has 0 spiro atoms. The molecule has 106 valence electrons. The molecule has 0 bridgehead atoms. The summed E-state index contributed by atoms with van der Waals surface area (Å²) in [6.07, 6.45) is 0. The number of aliphatic hydroxyl groups excluding tert-OH is 1. The number of aliphatic hydroxyl groups is 1. The summed E-state index contributed by atoms with van der Waals surface area (Å²) >= 11 is 0. The SMILES string of the molecule is Cc1cc(C)c(O)c(C)c1.O=C1NCCN1CCO. The molecule has 1 heterocycles. The van der Waals surface area contributed by atoms with Crippen molar-refractivity contribution in [2.75, 3.05) is 26.2 Å². The van der Waals surface area contributed by atoms with Gasteiger partial charge in [0.05, 0.1) is 6.61 Å². The lowest BCUT2D eigenvalue weighted by Crippen LogP contribution is -2.30. The van der Waals surface area contributed by atoms with Crippen LogP contribution >= 0.6 is 0 Å². The van der Waals surface area contributed by atoms with Gasteiger partial charge in [-0.2, -0.15) is 0 Å². The van der Waals surface area contributed by atoms with E-state index in [4.69, 9.17) is 5.11 Å². The third-order valence-electron chi connectivity index (χ3n) is 2.95. The lowest BCUT2D eigenvalue weighted by atomic mass is 10.1. The number of carbonyl (C=O) groups excluding carboxylic acids is 1. The first-order chi connectivity index (χ1) is 8.95. The molecule has 3 N–H and O–H groups in total. The van der Waals surface area contributed by atoms with E-state index in [1.807, 2.05) is 32.9 Å². The highest BCUT2D eigenvalue weighted by Gasteiger charge is 2.17. The predicted octanol–water partition coefficient (Wildman–Crippen LogP) is 1.32. The number of carbonyl (C=O) groups is 1. The molecule has 1 aromatic rings. The van der Waals surface area contributed by atoms with Crippen molar-refractivity contribution in [2.45, 2.75) is 20.8 Å². The van der Waals surface area contributed by atoms with Crippen LogP contribution in [0.2, 0.25) is 0 Å². The minimum Gasteiger partial charge on any atom is -0.507 e. The Kier molecular flexibility index (Phi) is 5.63. The van der Waals surface area contributed by atoms with Gasteiger partial charge in [-0.1, -0.05) is 17.7 Å². The van der Waals surface area contributed by atoms with Crippen LogP contribution in [0.5, 0.6) is 5.75 Å². The van der Waals surface area contributed by atoms with E-state index in [1.165, 1.54) is 5.56 Å². The highest BCUT2D eigenvalue weighted by atomic mass is 16.3. The molecule has 5 heteroatoms. The largest absolute Gasteiger partial charge is 0.507 e. The number of hydrogen-bond donors (Lipinski definition) is 3. The van der Waals surface area contributed by atoms with Gasteiger partial charge in [0.2, 0.25) is 0 Å². The number of rotatable bonds is 2. The summed E-state index contributed by atoms with van der Waals surface area (Å²) in [4.78, 5) is 12.3. The van der Waals surface area contributed by atoms with Crippen LogP contribution in [-0.4, -0.2) is 47.4 Å². The summed E-state index contributed by atoms with van der Waals surface area (Å²) in [5, 5.41) is 20.4. The highest BCUT2D eigenvalue weighted by molar-refractivity contribution is 5.76. The van der Waals surface area contributed by atoms with E-state index in [-0.39, 0.29) is 12.6 Å². The maximum absolute atomic E-state index is 10.7. The van der Waals surface area contributed by atoms with Crippen molar-refractivity contribution >= 4 is 6.03 Å². The fourth-order valence-electron chi connectivity index (χ4n) is 2.02. The fourth-order valence-corrected chi connectivity index (χ4v) is 2.02. The van der Waals surface area contributed by atoms with Gasteiger partial charge in [0, 0.05) is 19.6 Å².